The highest BCUT2D eigenvalue weighted by molar-refractivity contribution is 5.72. The van der Waals surface area contributed by atoms with Crippen LogP contribution in [0.1, 0.15) is 76.6 Å². The Hall–Kier alpha value is -3.68. The van der Waals surface area contributed by atoms with Crippen molar-refractivity contribution in [3.05, 3.63) is 23.8 Å². The smallest absolute Gasteiger partial charge is 0.410 e. The maximum atomic E-state index is 12.6. The van der Waals surface area contributed by atoms with Gasteiger partial charge >= 0.3 is 12.1 Å². The summed E-state index contributed by atoms with van der Waals surface area (Å²) in [4.78, 5) is 35.5. The van der Waals surface area contributed by atoms with Crippen molar-refractivity contribution in [1.82, 2.24) is 24.6 Å². The summed E-state index contributed by atoms with van der Waals surface area (Å²) in [7, 11) is 3.53. The summed E-state index contributed by atoms with van der Waals surface area (Å²) in [5.41, 5.74) is 1.73. The zero-order chi connectivity index (χ0) is 27.2. The lowest BCUT2D eigenvalue weighted by atomic mass is 9.87. The fourth-order valence-corrected chi connectivity index (χ4v) is 5.14. The summed E-state index contributed by atoms with van der Waals surface area (Å²) >= 11 is 0. The third kappa shape index (κ3) is 6.41. The minimum absolute atomic E-state index is 0.0134. The number of carbonyl (C=O) groups excluding carboxylic acids is 2. The highest BCUT2D eigenvalue weighted by Gasteiger charge is 2.31. The van der Waals surface area contributed by atoms with Gasteiger partial charge in [-0.25, -0.2) is 14.8 Å². The monoisotopic (exact) mass is 524 g/mol. The van der Waals surface area contributed by atoms with Crippen molar-refractivity contribution in [3.8, 4) is 23.2 Å². The molecule has 0 bridgehead atoms. The Bertz CT molecular complexity index is 1180. The predicted molar refractivity (Wildman–Crippen MR) is 137 cm³/mol. The summed E-state index contributed by atoms with van der Waals surface area (Å²) in [5, 5.41) is 14.1. The Balaban J connectivity index is 1.44. The number of aryl methyl sites for hydroxylation is 1. The standard InChI is InChI=1S/C27H36N6O5/c1-17(2)37-26(34)18-8-7-11-20(12-18)38-25-22(13-28)31-23(15-29-25)21-14-30-33(4)24(21)16-36-27(35)32(3)19-9-5-6-10-19/h14-15,17-20H,5-12,16H2,1-4H3/t18-,20-/m0/s1. The second-order valence-electron chi connectivity index (χ2n) is 10.3. The molecule has 2 aliphatic rings. The van der Waals surface area contributed by atoms with Gasteiger partial charge in [-0.05, 0) is 52.4 Å². The molecule has 38 heavy (non-hydrogen) atoms. The molecule has 2 fully saturated rings. The number of hydrogen-bond acceptors (Lipinski definition) is 9. The number of ether oxygens (including phenoxy) is 3. The van der Waals surface area contributed by atoms with Gasteiger partial charge in [0.05, 0.1) is 35.8 Å². The minimum Gasteiger partial charge on any atom is -0.472 e. The van der Waals surface area contributed by atoms with E-state index in [-0.39, 0.29) is 54.4 Å². The van der Waals surface area contributed by atoms with Crippen LogP contribution in [0.4, 0.5) is 4.79 Å². The summed E-state index contributed by atoms with van der Waals surface area (Å²) in [6, 6.07) is 2.28. The largest absolute Gasteiger partial charge is 0.472 e. The summed E-state index contributed by atoms with van der Waals surface area (Å²) in [6.45, 7) is 3.68. The van der Waals surface area contributed by atoms with E-state index in [1.54, 1.807) is 29.9 Å². The fourth-order valence-electron chi connectivity index (χ4n) is 5.14. The molecule has 0 spiro atoms. The highest BCUT2D eigenvalue weighted by Crippen LogP contribution is 2.31. The van der Waals surface area contributed by atoms with E-state index in [0.717, 1.165) is 44.9 Å². The molecule has 1 amide bonds. The Kier molecular flexibility index (Phi) is 8.81. The molecule has 4 rings (SSSR count). The van der Waals surface area contributed by atoms with Crippen LogP contribution >= 0.6 is 0 Å². The lowest BCUT2D eigenvalue weighted by Crippen LogP contribution is -2.35. The molecule has 2 saturated carbocycles. The number of rotatable bonds is 8. The first-order valence-corrected chi connectivity index (χ1v) is 13.3. The molecule has 0 saturated heterocycles. The van der Waals surface area contributed by atoms with E-state index in [4.69, 9.17) is 14.2 Å². The van der Waals surface area contributed by atoms with Crippen molar-refractivity contribution in [2.45, 2.75) is 90.1 Å². The first-order chi connectivity index (χ1) is 18.3. The van der Waals surface area contributed by atoms with Crippen molar-refractivity contribution in [2.75, 3.05) is 7.05 Å². The van der Waals surface area contributed by atoms with Crippen LogP contribution in [-0.4, -0.2) is 62.0 Å². The van der Waals surface area contributed by atoms with Gasteiger partial charge in [0.15, 0.2) is 0 Å². The maximum absolute atomic E-state index is 12.6. The van der Waals surface area contributed by atoms with E-state index < -0.39 is 0 Å². The van der Waals surface area contributed by atoms with Crippen LogP contribution in [0.15, 0.2) is 12.4 Å². The first kappa shape index (κ1) is 27.4. The lowest BCUT2D eigenvalue weighted by Gasteiger charge is -2.28. The number of esters is 1. The Morgan fingerprint density at radius 3 is 2.66 bits per heavy atom. The molecular formula is C27H36N6O5. The Morgan fingerprint density at radius 2 is 1.95 bits per heavy atom. The number of hydrogen-bond donors (Lipinski definition) is 0. The average molecular weight is 525 g/mol. The summed E-state index contributed by atoms with van der Waals surface area (Å²) in [6.07, 6.45) is 9.42. The van der Waals surface area contributed by atoms with E-state index in [2.05, 4.69) is 21.1 Å². The quantitative estimate of drug-likeness (QED) is 0.467. The molecule has 2 aromatic heterocycles. The average Bonchev–Trinajstić information content (AvgIpc) is 3.57. The Morgan fingerprint density at radius 1 is 1.18 bits per heavy atom. The van der Waals surface area contributed by atoms with E-state index >= 15 is 0 Å². The normalized spacial score (nSPS) is 19.7. The third-order valence-corrected chi connectivity index (χ3v) is 7.26. The Labute approximate surface area is 223 Å². The lowest BCUT2D eigenvalue weighted by molar-refractivity contribution is -0.154. The molecule has 0 N–H and O–H groups in total. The fraction of sp³-hybridized carbons (Fsp3) is 0.630. The molecule has 0 aliphatic heterocycles. The second kappa shape index (κ2) is 12.2. The van der Waals surface area contributed by atoms with Crippen molar-refractivity contribution < 1.29 is 23.8 Å². The van der Waals surface area contributed by atoms with Gasteiger partial charge < -0.3 is 19.1 Å². The number of aromatic nitrogens is 4. The van der Waals surface area contributed by atoms with Crippen LogP contribution in [0.25, 0.3) is 11.3 Å². The zero-order valence-corrected chi connectivity index (χ0v) is 22.6. The molecule has 2 atom stereocenters. The zero-order valence-electron chi connectivity index (χ0n) is 22.6. The van der Waals surface area contributed by atoms with Gasteiger partial charge in [0, 0.05) is 25.7 Å². The predicted octanol–water partition coefficient (Wildman–Crippen LogP) is 4.15. The molecule has 0 unspecified atom stereocenters. The minimum atomic E-state index is -0.375. The van der Waals surface area contributed by atoms with Crippen LogP contribution < -0.4 is 4.74 Å². The topological polar surface area (TPSA) is 132 Å². The van der Waals surface area contributed by atoms with Gasteiger partial charge in [-0.2, -0.15) is 10.4 Å². The molecule has 11 heteroatoms. The van der Waals surface area contributed by atoms with Crippen molar-refractivity contribution >= 4 is 12.1 Å². The molecular weight excluding hydrogens is 488 g/mol. The molecule has 0 radical (unpaired) electrons. The molecule has 11 nitrogen and oxygen atoms in total. The van der Waals surface area contributed by atoms with Gasteiger partial charge in [-0.15, -0.1) is 0 Å². The number of nitriles is 1. The van der Waals surface area contributed by atoms with Gasteiger partial charge in [0.2, 0.25) is 5.69 Å². The SMILES string of the molecule is CC(C)OC(=O)[C@H]1CCC[C@H](Oc2ncc(-c3cnn(C)c3COC(=O)N(C)C3CCCC3)nc2C#N)C1. The van der Waals surface area contributed by atoms with E-state index in [1.807, 2.05) is 13.8 Å². The van der Waals surface area contributed by atoms with Crippen molar-refractivity contribution in [1.29, 1.82) is 5.26 Å². The van der Waals surface area contributed by atoms with E-state index in [9.17, 15) is 14.9 Å². The molecule has 2 aliphatic carbocycles. The first-order valence-electron chi connectivity index (χ1n) is 13.3. The van der Waals surface area contributed by atoms with E-state index in [1.165, 1.54) is 6.20 Å². The molecule has 2 aromatic rings. The van der Waals surface area contributed by atoms with E-state index in [0.29, 0.717) is 23.4 Å². The van der Waals surface area contributed by atoms with Crippen LogP contribution in [0.5, 0.6) is 5.88 Å². The van der Waals surface area contributed by atoms with Crippen LogP contribution in [0.2, 0.25) is 0 Å². The van der Waals surface area contributed by atoms with Crippen molar-refractivity contribution in [2.24, 2.45) is 13.0 Å². The number of nitrogens with zero attached hydrogens (tertiary/aromatic N) is 6. The second-order valence-corrected chi connectivity index (χ2v) is 10.3. The highest BCUT2D eigenvalue weighted by atomic mass is 16.6. The molecule has 0 aromatic carbocycles. The third-order valence-electron chi connectivity index (χ3n) is 7.26. The summed E-state index contributed by atoms with van der Waals surface area (Å²) in [5.74, 6) is -0.314. The van der Waals surface area contributed by atoms with Crippen LogP contribution in [0, 0.1) is 17.2 Å². The molecule has 204 valence electrons. The van der Waals surface area contributed by atoms with Crippen LogP contribution in [-0.2, 0) is 27.9 Å². The van der Waals surface area contributed by atoms with Gasteiger partial charge in [0.1, 0.15) is 18.8 Å². The number of carbonyl (C=O) groups is 2. The molecule has 2 heterocycles. The van der Waals surface area contributed by atoms with Crippen LogP contribution in [0.3, 0.4) is 0 Å². The van der Waals surface area contributed by atoms with Gasteiger partial charge in [-0.3, -0.25) is 9.48 Å². The van der Waals surface area contributed by atoms with Gasteiger partial charge in [-0.1, -0.05) is 12.8 Å². The van der Waals surface area contributed by atoms with Gasteiger partial charge in [0.25, 0.3) is 5.88 Å². The number of amides is 1. The summed E-state index contributed by atoms with van der Waals surface area (Å²) < 4.78 is 18.6. The van der Waals surface area contributed by atoms with Crippen molar-refractivity contribution in [3.63, 3.8) is 0 Å². The maximum Gasteiger partial charge on any atom is 0.410 e.